The van der Waals surface area contributed by atoms with Crippen LogP contribution in [0.25, 0.3) is 6.08 Å². The van der Waals surface area contributed by atoms with Crippen LogP contribution in [0.2, 0.25) is 0 Å². The predicted molar refractivity (Wildman–Crippen MR) is 63.1 cm³/mol. The summed E-state index contributed by atoms with van der Waals surface area (Å²) in [5, 5.41) is 10.6. The van der Waals surface area contributed by atoms with Crippen LogP contribution in [-0.2, 0) is 9.53 Å². The molecule has 18 heavy (non-hydrogen) atoms. The van der Waals surface area contributed by atoms with Crippen molar-refractivity contribution in [3.63, 3.8) is 0 Å². The SMILES string of the molecule is CCOC(=O)C=Cc1cc([N+](=O)[O-])c(N)cc1F. The normalized spacial score (nSPS) is 10.6. The number of nitrogen functional groups attached to an aromatic ring is 1. The Bertz CT molecular complexity index is 514. The molecule has 7 heteroatoms. The molecule has 0 aliphatic heterocycles. The first-order valence-electron chi connectivity index (χ1n) is 5.04. The minimum atomic E-state index is -0.751. The van der Waals surface area contributed by atoms with Gasteiger partial charge >= 0.3 is 5.97 Å². The van der Waals surface area contributed by atoms with Gasteiger partial charge in [-0.2, -0.15) is 0 Å². The van der Waals surface area contributed by atoms with E-state index in [2.05, 4.69) is 4.74 Å². The van der Waals surface area contributed by atoms with Crippen LogP contribution in [0.5, 0.6) is 0 Å². The predicted octanol–water partition coefficient (Wildman–Crippen LogP) is 1.89. The summed E-state index contributed by atoms with van der Waals surface area (Å²) in [5.74, 6) is -1.41. The Morgan fingerprint density at radius 3 is 2.83 bits per heavy atom. The van der Waals surface area contributed by atoms with Crippen molar-refractivity contribution < 1.29 is 18.8 Å². The highest BCUT2D eigenvalue weighted by Gasteiger charge is 2.15. The van der Waals surface area contributed by atoms with Crippen LogP contribution in [0.3, 0.4) is 0 Å². The van der Waals surface area contributed by atoms with Gasteiger partial charge in [0.25, 0.3) is 5.69 Å². The van der Waals surface area contributed by atoms with Gasteiger partial charge in [0.2, 0.25) is 0 Å². The summed E-state index contributed by atoms with van der Waals surface area (Å²) in [7, 11) is 0. The zero-order valence-corrected chi connectivity index (χ0v) is 9.55. The molecule has 0 aliphatic carbocycles. The number of hydrogen-bond acceptors (Lipinski definition) is 5. The van der Waals surface area contributed by atoms with E-state index in [1.807, 2.05) is 0 Å². The fourth-order valence-corrected chi connectivity index (χ4v) is 1.23. The van der Waals surface area contributed by atoms with Crippen LogP contribution in [0.1, 0.15) is 12.5 Å². The number of nitro groups is 1. The van der Waals surface area contributed by atoms with Gasteiger partial charge in [-0.3, -0.25) is 10.1 Å². The standard InChI is InChI=1S/C11H11FN2O4/c1-2-18-11(15)4-3-7-5-10(14(16)17)9(13)6-8(7)12/h3-6H,2,13H2,1H3. The maximum Gasteiger partial charge on any atom is 0.330 e. The third kappa shape index (κ3) is 3.27. The Labute approximate surface area is 102 Å². The van der Waals surface area contributed by atoms with Gasteiger partial charge in [0, 0.05) is 23.8 Å². The number of nitrogens with two attached hydrogens (primary N) is 1. The zero-order chi connectivity index (χ0) is 13.7. The fourth-order valence-electron chi connectivity index (χ4n) is 1.23. The third-order valence-corrected chi connectivity index (χ3v) is 2.03. The first-order valence-corrected chi connectivity index (χ1v) is 5.04. The van der Waals surface area contributed by atoms with Crippen LogP contribution < -0.4 is 5.73 Å². The lowest BCUT2D eigenvalue weighted by atomic mass is 10.1. The maximum atomic E-state index is 13.4. The van der Waals surface area contributed by atoms with Crippen molar-refractivity contribution in [2.24, 2.45) is 0 Å². The van der Waals surface area contributed by atoms with E-state index >= 15 is 0 Å². The van der Waals surface area contributed by atoms with Gasteiger partial charge in [0.05, 0.1) is 11.5 Å². The van der Waals surface area contributed by atoms with Gasteiger partial charge in [-0.15, -0.1) is 0 Å². The maximum absolute atomic E-state index is 13.4. The van der Waals surface area contributed by atoms with Crippen molar-refractivity contribution in [1.82, 2.24) is 0 Å². The fraction of sp³-hybridized carbons (Fsp3) is 0.182. The zero-order valence-electron chi connectivity index (χ0n) is 9.55. The van der Waals surface area contributed by atoms with Gasteiger partial charge in [-0.1, -0.05) is 0 Å². The molecule has 1 aromatic carbocycles. The summed E-state index contributed by atoms with van der Waals surface area (Å²) in [6.07, 6.45) is 2.08. The molecule has 0 saturated carbocycles. The molecule has 0 aromatic heterocycles. The smallest absolute Gasteiger partial charge is 0.330 e. The molecule has 0 atom stereocenters. The molecular weight excluding hydrogens is 243 g/mol. The second-order valence-electron chi connectivity index (χ2n) is 3.28. The number of benzene rings is 1. The second kappa shape index (κ2) is 5.76. The van der Waals surface area contributed by atoms with Crippen molar-refractivity contribution in [3.05, 3.63) is 39.7 Å². The lowest BCUT2D eigenvalue weighted by Crippen LogP contribution is -2.00. The van der Waals surface area contributed by atoms with E-state index in [-0.39, 0.29) is 17.9 Å². The van der Waals surface area contributed by atoms with E-state index in [9.17, 15) is 19.3 Å². The van der Waals surface area contributed by atoms with E-state index in [1.54, 1.807) is 6.92 Å². The van der Waals surface area contributed by atoms with Crippen LogP contribution in [-0.4, -0.2) is 17.5 Å². The van der Waals surface area contributed by atoms with Crippen molar-refractivity contribution in [2.45, 2.75) is 6.92 Å². The molecule has 0 aliphatic rings. The number of carbonyl (C=O) groups excluding carboxylic acids is 1. The monoisotopic (exact) mass is 254 g/mol. The van der Waals surface area contributed by atoms with Crippen LogP contribution in [0.4, 0.5) is 15.8 Å². The Kier molecular flexibility index (Phi) is 4.36. The minimum Gasteiger partial charge on any atom is -0.463 e. The molecule has 0 bridgehead atoms. The van der Waals surface area contributed by atoms with E-state index in [0.717, 1.165) is 24.3 Å². The van der Waals surface area contributed by atoms with Crippen molar-refractivity contribution in [3.8, 4) is 0 Å². The molecule has 0 spiro atoms. The lowest BCUT2D eigenvalue weighted by Gasteiger charge is -2.01. The molecule has 0 radical (unpaired) electrons. The number of nitrogens with zero attached hydrogens (tertiary/aromatic N) is 1. The van der Waals surface area contributed by atoms with E-state index in [0.29, 0.717) is 0 Å². The van der Waals surface area contributed by atoms with Crippen LogP contribution in [0, 0.1) is 15.9 Å². The quantitative estimate of drug-likeness (QED) is 0.291. The average Bonchev–Trinajstić information content (AvgIpc) is 2.27. The molecule has 0 amide bonds. The van der Waals surface area contributed by atoms with Crippen molar-refractivity contribution >= 4 is 23.4 Å². The number of rotatable bonds is 4. The third-order valence-electron chi connectivity index (χ3n) is 2.03. The number of halogens is 1. The minimum absolute atomic E-state index is 0.107. The Morgan fingerprint density at radius 1 is 1.61 bits per heavy atom. The number of nitro benzene ring substituents is 1. The molecule has 0 fully saturated rings. The number of anilines is 1. The van der Waals surface area contributed by atoms with E-state index < -0.39 is 22.4 Å². The number of esters is 1. The van der Waals surface area contributed by atoms with Gasteiger partial charge in [0.1, 0.15) is 11.5 Å². The summed E-state index contributed by atoms with van der Waals surface area (Å²) in [6, 6.07) is 1.79. The van der Waals surface area contributed by atoms with E-state index in [4.69, 9.17) is 5.73 Å². The second-order valence-corrected chi connectivity index (χ2v) is 3.28. The Hall–Kier alpha value is -2.44. The molecule has 0 unspecified atom stereocenters. The van der Waals surface area contributed by atoms with Gasteiger partial charge in [0.15, 0.2) is 0 Å². The van der Waals surface area contributed by atoms with Gasteiger partial charge < -0.3 is 10.5 Å². The Balaban J connectivity index is 3.06. The highest BCUT2D eigenvalue weighted by molar-refractivity contribution is 5.87. The lowest BCUT2D eigenvalue weighted by molar-refractivity contribution is -0.384. The Morgan fingerprint density at radius 2 is 2.28 bits per heavy atom. The van der Waals surface area contributed by atoms with Crippen molar-refractivity contribution in [2.75, 3.05) is 12.3 Å². The van der Waals surface area contributed by atoms with Gasteiger partial charge in [-0.25, -0.2) is 9.18 Å². The number of hydrogen-bond donors (Lipinski definition) is 1. The highest BCUT2D eigenvalue weighted by atomic mass is 19.1. The topological polar surface area (TPSA) is 95.5 Å². The first-order chi connectivity index (χ1) is 8.45. The summed E-state index contributed by atoms with van der Waals surface area (Å²) < 4.78 is 18.0. The van der Waals surface area contributed by atoms with Crippen molar-refractivity contribution in [1.29, 1.82) is 0 Å². The first kappa shape index (κ1) is 13.6. The summed E-state index contributed by atoms with van der Waals surface area (Å²) in [5.41, 5.74) is 4.50. The van der Waals surface area contributed by atoms with E-state index in [1.165, 1.54) is 0 Å². The largest absolute Gasteiger partial charge is 0.463 e. The van der Waals surface area contributed by atoms with Crippen LogP contribution >= 0.6 is 0 Å². The summed E-state index contributed by atoms with van der Waals surface area (Å²) in [4.78, 5) is 20.9. The molecule has 1 rings (SSSR count). The number of ether oxygens (including phenoxy) is 1. The average molecular weight is 254 g/mol. The molecule has 2 N–H and O–H groups in total. The molecule has 96 valence electrons. The number of carbonyl (C=O) groups is 1. The van der Waals surface area contributed by atoms with Gasteiger partial charge in [-0.05, 0) is 13.0 Å². The van der Waals surface area contributed by atoms with Crippen LogP contribution in [0.15, 0.2) is 18.2 Å². The summed E-state index contributed by atoms with van der Waals surface area (Å²) >= 11 is 0. The molecular formula is C11H11FN2O4. The summed E-state index contributed by atoms with van der Waals surface area (Å²) in [6.45, 7) is 1.81. The molecule has 6 nitrogen and oxygen atoms in total. The highest BCUT2D eigenvalue weighted by Crippen LogP contribution is 2.25. The molecule has 0 saturated heterocycles. The molecule has 0 heterocycles. The molecule has 1 aromatic rings.